The molecule has 1 amide bonds. The fourth-order valence-electron chi connectivity index (χ4n) is 4.01. The molecule has 0 unspecified atom stereocenters. The van der Waals surface area contributed by atoms with Crippen molar-refractivity contribution in [2.45, 2.75) is 32.2 Å². The van der Waals surface area contributed by atoms with Crippen LogP contribution in [0.1, 0.15) is 41.5 Å². The van der Waals surface area contributed by atoms with Gasteiger partial charge in [0.25, 0.3) is 0 Å². The topological polar surface area (TPSA) is 44.9 Å². The normalized spacial score (nSPS) is 12.1. The standard InChI is InChI=1S/C26H24F2N2O/c1-2-18-5-4-8-22-24(16-30-26(18)22)23(19-6-3-7-21(28)13-19)14-25(31)29-15-17-9-11-20(27)12-10-17/h3-13,16,23,30H,2,14-15H2,1H3,(H,29,31)/t23-/m0/s1. The highest BCUT2D eigenvalue weighted by Gasteiger charge is 2.22. The number of fused-ring (bicyclic) bond motifs is 1. The van der Waals surface area contributed by atoms with Crippen LogP contribution in [-0.2, 0) is 17.8 Å². The summed E-state index contributed by atoms with van der Waals surface area (Å²) in [6.07, 6.45) is 2.99. The number of nitrogens with one attached hydrogen (secondary N) is 2. The number of aryl methyl sites for hydroxylation is 1. The molecular formula is C26H24F2N2O. The largest absolute Gasteiger partial charge is 0.361 e. The third kappa shape index (κ3) is 4.66. The van der Waals surface area contributed by atoms with Gasteiger partial charge in [0.15, 0.2) is 0 Å². The van der Waals surface area contributed by atoms with Crippen molar-refractivity contribution in [3.8, 4) is 0 Å². The molecule has 1 atom stereocenters. The van der Waals surface area contributed by atoms with Crippen molar-refractivity contribution in [3.05, 3.63) is 107 Å². The highest BCUT2D eigenvalue weighted by Crippen LogP contribution is 2.34. The van der Waals surface area contributed by atoms with Crippen molar-refractivity contribution >= 4 is 16.8 Å². The van der Waals surface area contributed by atoms with Crippen molar-refractivity contribution in [3.63, 3.8) is 0 Å². The molecule has 158 valence electrons. The molecule has 3 nitrogen and oxygen atoms in total. The smallest absolute Gasteiger partial charge is 0.221 e. The maximum Gasteiger partial charge on any atom is 0.221 e. The van der Waals surface area contributed by atoms with E-state index >= 15 is 0 Å². The lowest BCUT2D eigenvalue weighted by molar-refractivity contribution is -0.121. The first-order valence-electron chi connectivity index (χ1n) is 10.4. The zero-order valence-corrected chi connectivity index (χ0v) is 17.3. The van der Waals surface area contributed by atoms with Gasteiger partial charge in [0.1, 0.15) is 11.6 Å². The summed E-state index contributed by atoms with van der Waals surface area (Å²) in [4.78, 5) is 16.2. The Morgan fingerprint density at radius 3 is 2.52 bits per heavy atom. The maximum atomic E-state index is 14.0. The number of hydrogen-bond donors (Lipinski definition) is 2. The summed E-state index contributed by atoms with van der Waals surface area (Å²) in [6.45, 7) is 2.41. The molecule has 0 saturated heterocycles. The molecule has 3 aromatic carbocycles. The second kappa shape index (κ2) is 9.13. The Hall–Kier alpha value is -3.47. The SMILES string of the molecule is CCc1cccc2c([C@@H](CC(=O)NCc3ccc(F)cc3)c3cccc(F)c3)c[nH]c12. The van der Waals surface area contributed by atoms with Gasteiger partial charge in [-0.05, 0) is 52.9 Å². The summed E-state index contributed by atoms with van der Waals surface area (Å²) < 4.78 is 27.1. The van der Waals surface area contributed by atoms with Gasteiger partial charge in [-0.25, -0.2) is 8.78 Å². The number of carbonyl (C=O) groups is 1. The van der Waals surface area contributed by atoms with Crippen LogP contribution in [-0.4, -0.2) is 10.9 Å². The number of carbonyl (C=O) groups excluding carboxylic acids is 1. The average Bonchev–Trinajstić information content (AvgIpc) is 3.21. The molecule has 0 bridgehead atoms. The summed E-state index contributed by atoms with van der Waals surface area (Å²) in [6, 6.07) is 18.6. The third-order valence-corrected chi connectivity index (χ3v) is 5.63. The number of amides is 1. The number of para-hydroxylation sites is 1. The fraction of sp³-hybridized carbons (Fsp3) is 0.192. The molecular weight excluding hydrogens is 394 g/mol. The summed E-state index contributed by atoms with van der Waals surface area (Å²) in [5, 5.41) is 3.94. The Bertz CT molecular complexity index is 1200. The third-order valence-electron chi connectivity index (χ3n) is 5.63. The second-order valence-electron chi connectivity index (χ2n) is 7.65. The average molecular weight is 418 g/mol. The lowest BCUT2D eigenvalue weighted by Crippen LogP contribution is -2.25. The van der Waals surface area contributed by atoms with Crippen molar-refractivity contribution in [2.75, 3.05) is 0 Å². The van der Waals surface area contributed by atoms with E-state index in [0.29, 0.717) is 6.54 Å². The minimum Gasteiger partial charge on any atom is -0.361 e. The minimum atomic E-state index is -0.330. The molecule has 0 spiro atoms. The van der Waals surface area contributed by atoms with Crippen molar-refractivity contribution in [1.82, 2.24) is 10.3 Å². The highest BCUT2D eigenvalue weighted by molar-refractivity contribution is 5.88. The van der Waals surface area contributed by atoms with Gasteiger partial charge in [0.05, 0.1) is 0 Å². The molecule has 0 saturated carbocycles. The molecule has 4 rings (SSSR count). The molecule has 0 radical (unpaired) electrons. The van der Waals surface area contributed by atoms with E-state index in [0.717, 1.165) is 34.0 Å². The number of benzene rings is 3. The monoisotopic (exact) mass is 418 g/mol. The van der Waals surface area contributed by atoms with E-state index < -0.39 is 0 Å². The Kier molecular flexibility index (Phi) is 6.12. The molecule has 0 aliphatic heterocycles. The Morgan fingerprint density at radius 1 is 1.00 bits per heavy atom. The van der Waals surface area contributed by atoms with E-state index in [4.69, 9.17) is 0 Å². The first kappa shape index (κ1) is 20.8. The van der Waals surface area contributed by atoms with E-state index in [9.17, 15) is 13.6 Å². The van der Waals surface area contributed by atoms with Gasteiger partial charge in [0, 0.05) is 36.0 Å². The molecule has 4 aromatic rings. The van der Waals surface area contributed by atoms with Gasteiger partial charge in [-0.15, -0.1) is 0 Å². The molecule has 31 heavy (non-hydrogen) atoms. The van der Waals surface area contributed by atoms with E-state index in [-0.39, 0.29) is 29.9 Å². The molecule has 5 heteroatoms. The Balaban J connectivity index is 1.62. The van der Waals surface area contributed by atoms with Gasteiger partial charge in [-0.2, -0.15) is 0 Å². The molecule has 1 aromatic heterocycles. The number of aromatic nitrogens is 1. The number of aromatic amines is 1. The Labute approximate surface area is 180 Å². The van der Waals surface area contributed by atoms with Gasteiger partial charge in [-0.3, -0.25) is 4.79 Å². The van der Waals surface area contributed by atoms with Gasteiger partial charge in [-0.1, -0.05) is 49.4 Å². The predicted molar refractivity (Wildman–Crippen MR) is 119 cm³/mol. The Morgan fingerprint density at radius 2 is 1.77 bits per heavy atom. The van der Waals surface area contributed by atoms with E-state index in [1.807, 2.05) is 24.4 Å². The highest BCUT2D eigenvalue weighted by atomic mass is 19.1. The predicted octanol–water partition coefficient (Wildman–Crippen LogP) is 5.85. The zero-order valence-electron chi connectivity index (χ0n) is 17.3. The fourth-order valence-corrected chi connectivity index (χ4v) is 4.01. The zero-order chi connectivity index (χ0) is 21.8. The van der Waals surface area contributed by atoms with E-state index in [1.54, 1.807) is 18.2 Å². The summed E-state index contributed by atoms with van der Waals surface area (Å²) in [7, 11) is 0. The summed E-state index contributed by atoms with van der Waals surface area (Å²) in [5.74, 6) is -1.10. The lowest BCUT2D eigenvalue weighted by Gasteiger charge is -2.18. The van der Waals surface area contributed by atoms with Gasteiger partial charge < -0.3 is 10.3 Å². The summed E-state index contributed by atoms with van der Waals surface area (Å²) in [5.41, 5.74) is 4.78. The number of rotatable bonds is 7. The second-order valence-corrected chi connectivity index (χ2v) is 7.65. The van der Waals surface area contributed by atoms with Crippen LogP contribution in [0.2, 0.25) is 0 Å². The van der Waals surface area contributed by atoms with Crippen molar-refractivity contribution in [2.24, 2.45) is 0 Å². The van der Waals surface area contributed by atoms with Gasteiger partial charge >= 0.3 is 0 Å². The lowest BCUT2D eigenvalue weighted by atomic mass is 9.87. The van der Waals surface area contributed by atoms with Crippen LogP contribution in [0.3, 0.4) is 0 Å². The molecule has 2 N–H and O–H groups in total. The van der Waals surface area contributed by atoms with Crippen molar-refractivity contribution in [1.29, 1.82) is 0 Å². The van der Waals surface area contributed by atoms with Crippen LogP contribution >= 0.6 is 0 Å². The van der Waals surface area contributed by atoms with Crippen LogP contribution in [0.5, 0.6) is 0 Å². The first-order chi connectivity index (χ1) is 15.0. The van der Waals surface area contributed by atoms with Gasteiger partial charge in [0.2, 0.25) is 5.91 Å². The van der Waals surface area contributed by atoms with E-state index in [1.165, 1.54) is 29.8 Å². The van der Waals surface area contributed by atoms with E-state index in [2.05, 4.69) is 23.3 Å². The molecule has 0 fully saturated rings. The van der Waals surface area contributed by atoms with Crippen LogP contribution < -0.4 is 5.32 Å². The number of hydrogen-bond acceptors (Lipinski definition) is 1. The molecule has 0 aliphatic rings. The first-order valence-corrected chi connectivity index (χ1v) is 10.4. The number of halogens is 2. The quantitative estimate of drug-likeness (QED) is 0.389. The molecule has 0 aliphatic carbocycles. The van der Waals surface area contributed by atoms with Crippen LogP contribution in [0.25, 0.3) is 10.9 Å². The minimum absolute atomic E-state index is 0.153. The van der Waals surface area contributed by atoms with Crippen LogP contribution in [0, 0.1) is 11.6 Å². The number of H-pyrrole nitrogens is 1. The van der Waals surface area contributed by atoms with Crippen molar-refractivity contribution < 1.29 is 13.6 Å². The van der Waals surface area contributed by atoms with Crippen LogP contribution in [0.15, 0.2) is 72.9 Å². The summed E-state index contributed by atoms with van der Waals surface area (Å²) >= 11 is 0. The van der Waals surface area contributed by atoms with Crippen LogP contribution in [0.4, 0.5) is 8.78 Å². The molecule has 1 heterocycles. The maximum absolute atomic E-state index is 14.0.